The Bertz CT molecular complexity index is 790. The first-order chi connectivity index (χ1) is 11.7. The summed E-state index contributed by atoms with van der Waals surface area (Å²) < 4.78 is 1.79. The number of amides is 1. The number of hydrogen-bond donors (Lipinski definition) is 1. The number of hydrogen-bond acceptors (Lipinski definition) is 4. The summed E-state index contributed by atoms with van der Waals surface area (Å²) in [5.41, 5.74) is 2.89. The fraction of sp³-hybridized carbons (Fsp3) is 0.167. The second-order valence-corrected chi connectivity index (χ2v) is 6.68. The van der Waals surface area contributed by atoms with Gasteiger partial charge in [-0.15, -0.1) is 22.0 Å². The van der Waals surface area contributed by atoms with Gasteiger partial charge in [0, 0.05) is 11.4 Å². The summed E-state index contributed by atoms with van der Waals surface area (Å²) >= 11 is 1.62. The molecule has 0 aliphatic rings. The highest BCUT2D eigenvalue weighted by atomic mass is 32.2. The van der Waals surface area contributed by atoms with E-state index >= 15 is 0 Å². The predicted molar refractivity (Wildman–Crippen MR) is 97.2 cm³/mol. The molecule has 1 heterocycles. The highest BCUT2D eigenvalue weighted by Crippen LogP contribution is 2.20. The SMILES string of the molecule is C[C@H](SCc1ccccc1)C(=O)Nc1cccc(-n2cnnc2)c1. The van der Waals surface area contributed by atoms with Crippen LogP contribution in [0, 0.1) is 0 Å². The minimum atomic E-state index is -0.135. The summed E-state index contributed by atoms with van der Waals surface area (Å²) in [6.45, 7) is 1.92. The van der Waals surface area contributed by atoms with E-state index in [2.05, 4.69) is 27.6 Å². The minimum absolute atomic E-state index is 0.00293. The Labute approximate surface area is 145 Å². The number of aromatic nitrogens is 3. The van der Waals surface area contributed by atoms with Crippen LogP contribution in [0.25, 0.3) is 5.69 Å². The molecule has 0 saturated heterocycles. The number of carbonyl (C=O) groups is 1. The van der Waals surface area contributed by atoms with Crippen molar-refractivity contribution in [2.24, 2.45) is 0 Å². The number of anilines is 1. The highest BCUT2D eigenvalue weighted by Gasteiger charge is 2.14. The summed E-state index contributed by atoms with van der Waals surface area (Å²) in [6.07, 6.45) is 3.25. The van der Waals surface area contributed by atoms with E-state index in [9.17, 15) is 4.79 Å². The van der Waals surface area contributed by atoms with Gasteiger partial charge in [0.15, 0.2) is 0 Å². The fourth-order valence-electron chi connectivity index (χ4n) is 2.19. The van der Waals surface area contributed by atoms with E-state index in [1.807, 2.05) is 49.4 Å². The maximum absolute atomic E-state index is 12.4. The molecule has 1 atom stereocenters. The van der Waals surface area contributed by atoms with E-state index < -0.39 is 0 Å². The molecule has 0 bridgehead atoms. The molecule has 2 aromatic carbocycles. The second kappa shape index (κ2) is 7.79. The quantitative estimate of drug-likeness (QED) is 0.747. The van der Waals surface area contributed by atoms with Crippen molar-refractivity contribution >= 4 is 23.4 Å². The lowest BCUT2D eigenvalue weighted by Gasteiger charge is -2.13. The Kier molecular flexibility index (Phi) is 5.28. The van der Waals surface area contributed by atoms with Gasteiger partial charge in [-0.25, -0.2) is 0 Å². The highest BCUT2D eigenvalue weighted by molar-refractivity contribution is 7.99. The lowest BCUT2D eigenvalue weighted by atomic mass is 10.2. The summed E-state index contributed by atoms with van der Waals surface area (Å²) in [5.74, 6) is 0.813. The molecule has 122 valence electrons. The monoisotopic (exact) mass is 338 g/mol. The third kappa shape index (κ3) is 4.23. The largest absolute Gasteiger partial charge is 0.325 e. The van der Waals surface area contributed by atoms with Crippen LogP contribution in [0.1, 0.15) is 12.5 Å². The smallest absolute Gasteiger partial charge is 0.237 e. The van der Waals surface area contributed by atoms with Crippen LogP contribution >= 0.6 is 11.8 Å². The fourth-order valence-corrected chi connectivity index (χ4v) is 3.04. The topological polar surface area (TPSA) is 59.8 Å². The first-order valence-corrected chi connectivity index (χ1v) is 8.69. The molecule has 1 amide bonds. The van der Waals surface area contributed by atoms with Gasteiger partial charge >= 0.3 is 0 Å². The van der Waals surface area contributed by atoms with Crippen LogP contribution in [0.5, 0.6) is 0 Å². The molecule has 0 saturated carbocycles. The Morgan fingerprint density at radius 3 is 2.62 bits per heavy atom. The number of benzene rings is 2. The van der Waals surface area contributed by atoms with Crippen LogP contribution < -0.4 is 5.32 Å². The predicted octanol–water partition coefficient (Wildman–Crippen LogP) is 3.53. The van der Waals surface area contributed by atoms with E-state index in [0.29, 0.717) is 0 Å². The minimum Gasteiger partial charge on any atom is -0.325 e. The van der Waals surface area contributed by atoms with Gasteiger partial charge in [0.05, 0.1) is 10.9 Å². The average Bonchev–Trinajstić information content (AvgIpc) is 3.15. The zero-order valence-corrected chi connectivity index (χ0v) is 14.1. The lowest BCUT2D eigenvalue weighted by Crippen LogP contribution is -2.22. The Morgan fingerprint density at radius 1 is 1.12 bits per heavy atom. The van der Waals surface area contributed by atoms with Crippen molar-refractivity contribution in [3.05, 3.63) is 72.8 Å². The second-order valence-electron chi connectivity index (χ2n) is 5.35. The van der Waals surface area contributed by atoms with Crippen molar-refractivity contribution in [1.29, 1.82) is 0 Å². The Balaban J connectivity index is 1.59. The van der Waals surface area contributed by atoms with Gasteiger partial charge in [0.25, 0.3) is 0 Å². The summed E-state index contributed by atoms with van der Waals surface area (Å²) in [7, 11) is 0. The molecule has 1 aromatic heterocycles. The summed E-state index contributed by atoms with van der Waals surface area (Å²) in [5, 5.41) is 10.4. The van der Waals surface area contributed by atoms with Gasteiger partial charge in [-0.3, -0.25) is 9.36 Å². The van der Waals surface area contributed by atoms with Gasteiger partial charge in [-0.1, -0.05) is 36.4 Å². The molecule has 0 aliphatic carbocycles. The summed E-state index contributed by atoms with van der Waals surface area (Å²) in [6, 6.07) is 17.8. The van der Waals surface area contributed by atoms with Gasteiger partial charge in [0.2, 0.25) is 5.91 Å². The van der Waals surface area contributed by atoms with Crippen molar-refractivity contribution in [2.45, 2.75) is 17.9 Å². The molecule has 0 aliphatic heterocycles. The Hall–Kier alpha value is -2.60. The van der Waals surface area contributed by atoms with Crippen LogP contribution in [0.3, 0.4) is 0 Å². The Morgan fingerprint density at radius 2 is 1.88 bits per heavy atom. The molecule has 0 spiro atoms. The first-order valence-electron chi connectivity index (χ1n) is 7.64. The lowest BCUT2D eigenvalue weighted by molar-refractivity contribution is -0.115. The van der Waals surface area contributed by atoms with E-state index in [-0.39, 0.29) is 11.2 Å². The number of rotatable bonds is 6. The molecule has 3 aromatic rings. The van der Waals surface area contributed by atoms with Crippen molar-refractivity contribution in [3.63, 3.8) is 0 Å². The molecule has 3 rings (SSSR count). The van der Waals surface area contributed by atoms with Gasteiger partial charge < -0.3 is 5.32 Å². The first kappa shape index (κ1) is 16.3. The van der Waals surface area contributed by atoms with Crippen LogP contribution in [-0.2, 0) is 10.5 Å². The van der Waals surface area contributed by atoms with Crippen molar-refractivity contribution in [3.8, 4) is 5.69 Å². The molecule has 24 heavy (non-hydrogen) atoms. The van der Waals surface area contributed by atoms with Crippen LogP contribution in [0.15, 0.2) is 67.3 Å². The maximum Gasteiger partial charge on any atom is 0.237 e. The number of nitrogens with zero attached hydrogens (tertiary/aromatic N) is 3. The molecule has 6 heteroatoms. The molecule has 1 N–H and O–H groups in total. The third-order valence-corrected chi connectivity index (χ3v) is 4.76. The number of carbonyl (C=O) groups excluding carboxylic acids is 1. The third-order valence-electron chi connectivity index (χ3n) is 3.54. The van der Waals surface area contributed by atoms with Crippen LogP contribution in [0.4, 0.5) is 5.69 Å². The number of thioether (sulfide) groups is 1. The number of nitrogens with one attached hydrogen (secondary N) is 1. The molecular formula is C18H18N4OS. The standard InChI is InChI=1S/C18H18N4OS/c1-14(24-11-15-6-3-2-4-7-15)18(23)21-16-8-5-9-17(10-16)22-12-19-20-13-22/h2-10,12-14H,11H2,1H3,(H,21,23)/t14-/m0/s1. The van der Waals surface area contributed by atoms with E-state index in [1.165, 1.54) is 5.56 Å². The van der Waals surface area contributed by atoms with E-state index in [4.69, 9.17) is 0 Å². The van der Waals surface area contributed by atoms with Crippen molar-refractivity contribution in [2.75, 3.05) is 5.32 Å². The molecular weight excluding hydrogens is 320 g/mol. The van der Waals surface area contributed by atoms with Crippen molar-refractivity contribution < 1.29 is 4.79 Å². The van der Waals surface area contributed by atoms with E-state index in [0.717, 1.165) is 17.1 Å². The average molecular weight is 338 g/mol. The zero-order chi connectivity index (χ0) is 16.8. The maximum atomic E-state index is 12.4. The normalized spacial score (nSPS) is 11.9. The summed E-state index contributed by atoms with van der Waals surface area (Å²) in [4.78, 5) is 12.4. The molecule has 0 unspecified atom stereocenters. The van der Waals surface area contributed by atoms with Gasteiger partial charge in [-0.05, 0) is 30.7 Å². The van der Waals surface area contributed by atoms with Gasteiger partial charge in [-0.2, -0.15) is 0 Å². The molecule has 5 nitrogen and oxygen atoms in total. The molecule has 0 fully saturated rings. The zero-order valence-electron chi connectivity index (χ0n) is 13.3. The van der Waals surface area contributed by atoms with Crippen LogP contribution in [0.2, 0.25) is 0 Å². The van der Waals surface area contributed by atoms with Crippen molar-refractivity contribution in [1.82, 2.24) is 14.8 Å². The van der Waals surface area contributed by atoms with E-state index in [1.54, 1.807) is 29.0 Å². The van der Waals surface area contributed by atoms with Crippen LogP contribution in [-0.4, -0.2) is 25.9 Å². The van der Waals surface area contributed by atoms with Gasteiger partial charge in [0.1, 0.15) is 12.7 Å². The molecule has 0 radical (unpaired) electrons.